The molecule has 0 aliphatic heterocycles. The van der Waals surface area contributed by atoms with Crippen molar-refractivity contribution in [3.8, 4) is 0 Å². The van der Waals surface area contributed by atoms with E-state index < -0.39 is 0 Å². The summed E-state index contributed by atoms with van der Waals surface area (Å²) in [5, 5.41) is 3.36. The Morgan fingerprint density at radius 3 is 2.76 bits per heavy atom. The quantitative estimate of drug-likeness (QED) is 0.831. The molecule has 0 saturated heterocycles. The van der Waals surface area contributed by atoms with Crippen LogP contribution in [0.3, 0.4) is 0 Å². The summed E-state index contributed by atoms with van der Waals surface area (Å²) in [5.41, 5.74) is 1.32. The third kappa shape index (κ3) is 2.49. The first-order valence-electron chi connectivity index (χ1n) is 6.48. The number of likely N-dealkylation sites (N-methyl/N-ethyl adjacent to an activating group) is 1. The molecule has 1 heterocycles. The molecule has 0 spiro atoms. The number of hydrogen-bond acceptors (Lipinski definition) is 2. The minimum absolute atomic E-state index is 0.0395. The fraction of sp³-hybridized carbons (Fsp3) is 0.571. The van der Waals surface area contributed by atoms with Crippen molar-refractivity contribution < 1.29 is 0 Å². The molecule has 0 atom stereocenters. The summed E-state index contributed by atoms with van der Waals surface area (Å²) in [4.78, 5) is 5.27. The summed E-state index contributed by atoms with van der Waals surface area (Å²) in [5.74, 6) is 0. The van der Waals surface area contributed by atoms with Crippen LogP contribution in [0, 0.1) is 0 Å². The van der Waals surface area contributed by atoms with Crippen LogP contribution >= 0.6 is 12.2 Å². The van der Waals surface area contributed by atoms with E-state index in [2.05, 4.69) is 23.3 Å². The average molecular weight is 248 g/mol. The van der Waals surface area contributed by atoms with Gasteiger partial charge in [0.2, 0.25) is 0 Å². The molecule has 2 nitrogen and oxygen atoms in total. The van der Waals surface area contributed by atoms with Crippen molar-refractivity contribution in [2.75, 3.05) is 6.54 Å². The molecular weight excluding hydrogens is 228 g/mol. The first-order valence-corrected chi connectivity index (χ1v) is 6.89. The maximum Gasteiger partial charge on any atom is 0.0861 e. The topological polar surface area (TPSA) is 24.9 Å². The second-order valence-corrected chi connectivity index (χ2v) is 5.15. The number of nitrogens with one attached hydrogen (secondary N) is 1. The van der Waals surface area contributed by atoms with Gasteiger partial charge in [-0.2, -0.15) is 0 Å². The highest BCUT2D eigenvalue weighted by Crippen LogP contribution is 2.39. The SMILES string of the molecule is CCNC(=S)C1(c2cccnc2)CCCCC1. The Bertz CT molecular complexity index is 369. The molecule has 1 aliphatic rings. The van der Waals surface area contributed by atoms with Gasteiger partial charge in [0.15, 0.2) is 0 Å². The van der Waals surface area contributed by atoms with Crippen LogP contribution in [0.2, 0.25) is 0 Å². The smallest absolute Gasteiger partial charge is 0.0861 e. The van der Waals surface area contributed by atoms with E-state index in [4.69, 9.17) is 12.2 Å². The van der Waals surface area contributed by atoms with Crippen molar-refractivity contribution in [1.29, 1.82) is 0 Å². The highest BCUT2D eigenvalue weighted by Gasteiger charge is 2.37. The second kappa shape index (κ2) is 5.58. The number of rotatable bonds is 3. The molecule has 1 aromatic rings. The van der Waals surface area contributed by atoms with Crippen molar-refractivity contribution in [3.63, 3.8) is 0 Å². The van der Waals surface area contributed by atoms with Gasteiger partial charge in [-0.05, 0) is 31.4 Å². The number of nitrogens with zero attached hydrogens (tertiary/aromatic N) is 1. The molecule has 3 heteroatoms. The predicted octanol–water partition coefficient (Wildman–Crippen LogP) is 3.22. The number of pyridine rings is 1. The van der Waals surface area contributed by atoms with E-state index in [1.54, 1.807) is 0 Å². The largest absolute Gasteiger partial charge is 0.379 e. The first-order chi connectivity index (χ1) is 8.29. The molecule has 1 aromatic heterocycles. The minimum atomic E-state index is 0.0395. The van der Waals surface area contributed by atoms with Gasteiger partial charge < -0.3 is 5.32 Å². The molecule has 2 rings (SSSR count). The molecule has 0 bridgehead atoms. The highest BCUT2D eigenvalue weighted by atomic mass is 32.1. The summed E-state index contributed by atoms with van der Waals surface area (Å²) < 4.78 is 0. The summed E-state index contributed by atoms with van der Waals surface area (Å²) in [7, 11) is 0. The van der Waals surface area contributed by atoms with Gasteiger partial charge in [0.25, 0.3) is 0 Å². The van der Waals surface area contributed by atoms with Gasteiger partial charge >= 0.3 is 0 Å². The van der Waals surface area contributed by atoms with E-state index in [1.807, 2.05) is 18.5 Å². The lowest BCUT2D eigenvalue weighted by molar-refractivity contribution is 0.376. The van der Waals surface area contributed by atoms with Crippen LogP contribution in [0.25, 0.3) is 0 Å². The van der Waals surface area contributed by atoms with E-state index in [9.17, 15) is 0 Å². The first kappa shape index (κ1) is 12.5. The van der Waals surface area contributed by atoms with E-state index in [1.165, 1.54) is 24.8 Å². The molecule has 0 unspecified atom stereocenters. The van der Waals surface area contributed by atoms with Gasteiger partial charge in [-0.25, -0.2) is 0 Å². The molecule has 1 N–H and O–H groups in total. The van der Waals surface area contributed by atoms with Crippen LogP contribution < -0.4 is 5.32 Å². The van der Waals surface area contributed by atoms with Gasteiger partial charge in [-0.15, -0.1) is 0 Å². The predicted molar refractivity (Wildman–Crippen MR) is 75.3 cm³/mol. The number of thiocarbonyl (C=S) groups is 1. The van der Waals surface area contributed by atoms with Gasteiger partial charge in [-0.1, -0.05) is 37.5 Å². The molecule has 1 saturated carbocycles. The average Bonchev–Trinajstić information content (AvgIpc) is 2.41. The van der Waals surface area contributed by atoms with Gasteiger partial charge in [0, 0.05) is 24.4 Å². The maximum absolute atomic E-state index is 5.63. The van der Waals surface area contributed by atoms with Crippen LogP contribution in [0.1, 0.15) is 44.6 Å². The fourth-order valence-electron chi connectivity index (χ4n) is 2.78. The lowest BCUT2D eigenvalue weighted by atomic mass is 9.69. The molecule has 1 fully saturated rings. The standard InChI is InChI=1S/C14H20N2S/c1-2-16-13(17)14(8-4-3-5-9-14)12-7-6-10-15-11-12/h6-7,10-11H,2-5,8-9H2,1H3,(H,16,17). The van der Waals surface area contributed by atoms with Gasteiger partial charge in [0.1, 0.15) is 0 Å². The van der Waals surface area contributed by atoms with E-state index in [-0.39, 0.29) is 5.41 Å². The molecular formula is C14H20N2S. The Morgan fingerprint density at radius 2 is 2.18 bits per heavy atom. The number of aromatic nitrogens is 1. The van der Waals surface area contributed by atoms with Crippen molar-refractivity contribution in [3.05, 3.63) is 30.1 Å². The Labute approximate surface area is 109 Å². The van der Waals surface area contributed by atoms with Crippen molar-refractivity contribution in [2.45, 2.75) is 44.4 Å². The zero-order valence-corrected chi connectivity index (χ0v) is 11.2. The van der Waals surface area contributed by atoms with E-state index in [0.29, 0.717) is 0 Å². The van der Waals surface area contributed by atoms with Crippen LogP contribution in [0.5, 0.6) is 0 Å². The summed E-state index contributed by atoms with van der Waals surface area (Å²) in [6, 6.07) is 4.18. The zero-order valence-electron chi connectivity index (χ0n) is 10.4. The highest BCUT2D eigenvalue weighted by molar-refractivity contribution is 7.80. The van der Waals surface area contributed by atoms with Crippen LogP contribution in [0.4, 0.5) is 0 Å². The Morgan fingerprint density at radius 1 is 1.41 bits per heavy atom. The molecule has 0 radical (unpaired) electrons. The van der Waals surface area contributed by atoms with Crippen LogP contribution in [0.15, 0.2) is 24.5 Å². The van der Waals surface area contributed by atoms with Crippen molar-refractivity contribution in [1.82, 2.24) is 10.3 Å². The van der Waals surface area contributed by atoms with Gasteiger partial charge in [-0.3, -0.25) is 4.98 Å². The number of hydrogen-bond donors (Lipinski definition) is 1. The molecule has 0 aromatic carbocycles. The van der Waals surface area contributed by atoms with Crippen LogP contribution in [-0.4, -0.2) is 16.5 Å². The third-order valence-corrected chi connectivity index (χ3v) is 4.23. The van der Waals surface area contributed by atoms with Crippen molar-refractivity contribution in [2.24, 2.45) is 0 Å². The molecule has 92 valence electrons. The Kier molecular flexibility index (Phi) is 4.11. The third-order valence-electron chi connectivity index (χ3n) is 3.69. The lowest BCUT2D eigenvalue weighted by Crippen LogP contribution is -2.44. The van der Waals surface area contributed by atoms with E-state index in [0.717, 1.165) is 24.4 Å². The summed E-state index contributed by atoms with van der Waals surface area (Å²) >= 11 is 5.63. The Hall–Kier alpha value is -0.960. The van der Waals surface area contributed by atoms with Gasteiger partial charge in [0.05, 0.1) is 4.99 Å². The lowest BCUT2D eigenvalue weighted by Gasteiger charge is -2.38. The maximum atomic E-state index is 5.63. The van der Waals surface area contributed by atoms with E-state index >= 15 is 0 Å². The zero-order chi connectivity index (χ0) is 12.1. The monoisotopic (exact) mass is 248 g/mol. The van der Waals surface area contributed by atoms with Crippen LogP contribution in [-0.2, 0) is 5.41 Å². The molecule has 0 amide bonds. The van der Waals surface area contributed by atoms with Crippen molar-refractivity contribution >= 4 is 17.2 Å². The second-order valence-electron chi connectivity index (χ2n) is 4.74. The summed E-state index contributed by atoms with van der Waals surface area (Å²) in [6.45, 7) is 3.01. The molecule has 17 heavy (non-hydrogen) atoms. The normalized spacial score (nSPS) is 18.6. The molecule has 1 aliphatic carbocycles. The summed E-state index contributed by atoms with van der Waals surface area (Å²) in [6.07, 6.45) is 9.98. The fourth-order valence-corrected chi connectivity index (χ4v) is 3.24. The minimum Gasteiger partial charge on any atom is -0.379 e. The Balaban J connectivity index is 2.33.